The molecule has 1 saturated carbocycles. The van der Waals surface area contributed by atoms with Crippen LogP contribution in [0.2, 0.25) is 0 Å². The van der Waals surface area contributed by atoms with Crippen LogP contribution in [0.4, 0.5) is 0 Å². The number of aromatic nitrogens is 1. The fraction of sp³-hybridized carbons (Fsp3) is 0.667. The molecule has 0 atom stereocenters. The second kappa shape index (κ2) is 16.1. The van der Waals surface area contributed by atoms with Crippen molar-refractivity contribution >= 4 is 0 Å². The SMILES string of the molecule is CCCCCCCc1ccc(-c2ccc(CC[C@H]3CC[C@H](CCCCCCC)CC3)cn2)cc1. The van der Waals surface area contributed by atoms with Gasteiger partial charge in [0.2, 0.25) is 0 Å². The first-order valence-corrected chi connectivity index (χ1v) is 14.8. The lowest BCUT2D eigenvalue weighted by atomic mass is 9.78. The zero-order valence-electron chi connectivity index (χ0n) is 22.4. The summed E-state index contributed by atoms with van der Waals surface area (Å²) in [5.74, 6) is 1.96. The summed E-state index contributed by atoms with van der Waals surface area (Å²) in [5.41, 5.74) is 5.22. The Labute approximate surface area is 211 Å². The number of unbranched alkanes of at least 4 members (excludes halogenated alkanes) is 8. The van der Waals surface area contributed by atoms with Crippen LogP contribution < -0.4 is 0 Å². The molecule has 1 fully saturated rings. The summed E-state index contributed by atoms with van der Waals surface area (Å²) in [7, 11) is 0. The Kier molecular flexibility index (Phi) is 12.8. The number of hydrogen-bond acceptors (Lipinski definition) is 1. The highest BCUT2D eigenvalue weighted by Gasteiger charge is 2.20. The molecule has 0 spiro atoms. The molecule has 0 bridgehead atoms. The maximum atomic E-state index is 4.81. The second-order valence-corrected chi connectivity index (χ2v) is 11.0. The van der Waals surface area contributed by atoms with Crippen molar-refractivity contribution in [2.45, 2.75) is 129 Å². The van der Waals surface area contributed by atoms with E-state index in [0.717, 1.165) is 17.5 Å². The van der Waals surface area contributed by atoms with E-state index < -0.39 is 0 Å². The van der Waals surface area contributed by atoms with E-state index in [2.05, 4.69) is 56.4 Å². The van der Waals surface area contributed by atoms with Crippen LogP contribution in [0.15, 0.2) is 42.6 Å². The van der Waals surface area contributed by atoms with Gasteiger partial charge < -0.3 is 0 Å². The van der Waals surface area contributed by atoms with Crippen LogP contribution in [0.3, 0.4) is 0 Å². The molecule has 1 aromatic heterocycles. The summed E-state index contributed by atoms with van der Waals surface area (Å²) in [6.45, 7) is 4.59. The quantitative estimate of drug-likeness (QED) is 0.226. The molecule has 188 valence electrons. The molecular weight excluding hydrogens is 410 g/mol. The third kappa shape index (κ3) is 9.93. The molecule has 1 aliphatic rings. The van der Waals surface area contributed by atoms with Crippen LogP contribution in [0.5, 0.6) is 0 Å². The van der Waals surface area contributed by atoms with Gasteiger partial charge in [0.05, 0.1) is 5.69 Å². The average Bonchev–Trinajstić information content (AvgIpc) is 2.89. The first kappa shape index (κ1) is 27.0. The Hall–Kier alpha value is -1.63. The van der Waals surface area contributed by atoms with Crippen molar-refractivity contribution in [3.63, 3.8) is 0 Å². The third-order valence-electron chi connectivity index (χ3n) is 8.17. The summed E-state index contributed by atoms with van der Waals surface area (Å²) in [5, 5.41) is 0. The molecule has 0 aliphatic heterocycles. The first-order valence-electron chi connectivity index (χ1n) is 14.8. The van der Waals surface area contributed by atoms with Crippen LogP contribution >= 0.6 is 0 Å². The number of benzene rings is 1. The van der Waals surface area contributed by atoms with Gasteiger partial charge in [-0.25, -0.2) is 0 Å². The fourth-order valence-corrected chi connectivity index (χ4v) is 5.73. The zero-order valence-corrected chi connectivity index (χ0v) is 22.4. The van der Waals surface area contributed by atoms with Crippen molar-refractivity contribution in [2.24, 2.45) is 11.8 Å². The van der Waals surface area contributed by atoms with E-state index in [1.807, 2.05) is 0 Å². The molecule has 3 rings (SSSR count). The van der Waals surface area contributed by atoms with Gasteiger partial charge in [-0.15, -0.1) is 0 Å². The summed E-state index contributed by atoms with van der Waals surface area (Å²) in [4.78, 5) is 4.81. The number of aryl methyl sites for hydroxylation is 2. The normalized spacial score (nSPS) is 18.3. The van der Waals surface area contributed by atoms with Gasteiger partial charge >= 0.3 is 0 Å². The van der Waals surface area contributed by atoms with Crippen LogP contribution in [0, 0.1) is 11.8 Å². The number of hydrogen-bond donors (Lipinski definition) is 0. The van der Waals surface area contributed by atoms with Crippen LogP contribution in [-0.2, 0) is 12.8 Å². The van der Waals surface area contributed by atoms with Gasteiger partial charge in [0, 0.05) is 11.8 Å². The van der Waals surface area contributed by atoms with Crippen molar-refractivity contribution in [1.82, 2.24) is 4.98 Å². The van der Waals surface area contributed by atoms with E-state index in [-0.39, 0.29) is 0 Å². The van der Waals surface area contributed by atoms with Crippen LogP contribution in [-0.4, -0.2) is 4.98 Å². The lowest BCUT2D eigenvalue weighted by Crippen LogP contribution is -2.15. The first-order chi connectivity index (χ1) is 16.8. The van der Waals surface area contributed by atoms with E-state index in [1.54, 1.807) is 0 Å². The van der Waals surface area contributed by atoms with Crippen molar-refractivity contribution in [2.75, 3.05) is 0 Å². The Morgan fingerprint density at radius 2 is 1.18 bits per heavy atom. The van der Waals surface area contributed by atoms with Gasteiger partial charge in [0.15, 0.2) is 0 Å². The minimum atomic E-state index is 0.936. The lowest BCUT2D eigenvalue weighted by Gasteiger charge is -2.28. The zero-order chi connectivity index (χ0) is 23.8. The largest absolute Gasteiger partial charge is 0.256 e. The molecule has 2 aromatic rings. The number of rotatable bonds is 16. The minimum absolute atomic E-state index is 0.936. The number of pyridine rings is 1. The Morgan fingerprint density at radius 3 is 1.79 bits per heavy atom. The molecule has 0 saturated heterocycles. The molecule has 1 heteroatoms. The molecule has 34 heavy (non-hydrogen) atoms. The highest BCUT2D eigenvalue weighted by atomic mass is 14.7. The molecule has 0 unspecified atom stereocenters. The molecular formula is C33H51N. The maximum absolute atomic E-state index is 4.81. The molecule has 1 nitrogen and oxygen atoms in total. The van der Waals surface area contributed by atoms with Gasteiger partial charge in [0.1, 0.15) is 0 Å². The Morgan fingerprint density at radius 1 is 0.588 bits per heavy atom. The molecule has 1 aromatic carbocycles. The van der Waals surface area contributed by atoms with Crippen LogP contribution in [0.25, 0.3) is 11.3 Å². The second-order valence-electron chi connectivity index (χ2n) is 11.0. The maximum Gasteiger partial charge on any atom is 0.0702 e. The Bertz CT molecular complexity index is 752. The summed E-state index contributed by atoms with van der Waals surface area (Å²) in [6.07, 6.45) is 27.1. The fourth-order valence-electron chi connectivity index (χ4n) is 5.73. The molecule has 0 amide bonds. The van der Waals surface area contributed by atoms with Crippen LogP contribution in [0.1, 0.15) is 128 Å². The van der Waals surface area contributed by atoms with Gasteiger partial charge in [-0.1, -0.05) is 134 Å². The van der Waals surface area contributed by atoms with Gasteiger partial charge in [-0.3, -0.25) is 4.98 Å². The lowest BCUT2D eigenvalue weighted by molar-refractivity contribution is 0.248. The van der Waals surface area contributed by atoms with Gasteiger partial charge in [-0.05, 0) is 54.7 Å². The Balaban J connectivity index is 1.33. The predicted molar refractivity (Wildman–Crippen MR) is 149 cm³/mol. The molecule has 1 heterocycles. The van der Waals surface area contributed by atoms with E-state index in [0.29, 0.717) is 0 Å². The highest BCUT2D eigenvalue weighted by Crippen LogP contribution is 2.34. The summed E-state index contributed by atoms with van der Waals surface area (Å²) >= 11 is 0. The van der Waals surface area contributed by atoms with Gasteiger partial charge in [0.25, 0.3) is 0 Å². The van der Waals surface area contributed by atoms with Crippen molar-refractivity contribution in [3.8, 4) is 11.3 Å². The van der Waals surface area contributed by atoms with E-state index in [9.17, 15) is 0 Å². The minimum Gasteiger partial charge on any atom is -0.256 e. The monoisotopic (exact) mass is 461 g/mol. The highest BCUT2D eigenvalue weighted by molar-refractivity contribution is 5.59. The molecule has 0 N–H and O–H groups in total. The average molecular weight is 462 g/mol. The van der Waals surface area contributed by atoms with Crippen molar-refractivity contribution in [3.05, 3.63) is 53.7 Å². The smallest absolute Gasteiger partial charge is 0.0702 e. The number of nitrogens with zero attached hydrogens (tertiary/aromatic N) is 1. The molecule has 0 radical (unpaired) electrons. The molecule has 1 aliphatic carbocycles. The summed E-state index contributed by atoms with van der Waals surface area (Å²) in [6, 6.07) is 13.6. The van der Waals surface area contributed by atoms with E-state index in [4.69, 9.17) is 4.98 Å². The van der Waals surface area contributed by atoms with Crippen molar-refractivity contribution < 1.29 is 0 Å². The van der Waals surface area contributed by atoms with Gasteiger partial charge in [-0.2, -0.15) is 0 Å². The van der Waals surface area contributed by atoms with Crippen molar-refractivity contribution in [1.29, 1.82) is 0 Å². The standard InChI is InChI=1S/C33H51N/c1-3-5-7-9-11-13-28-15-17-30(18-16-28)19-20-31-23-26-33(34-27-31)32-24-21-29(22-25-32)14-12-10-8-6-4-2/h21-28,30H,3-20H2,1-2H3/t28-,30-. The predicted octanol–water partition coefficient (Wildman–Crippen LogP) is 10.4. The third-order valence-corrected chi connectivity index (χ3v) is 8.17. The summed E-state index contributed by atoms with van der Waals surface area (Å²) < 4.78 is 0. The van der Waals surface area contributed by atoms with E-state index >= 15 is 0 Å². The topological polar surface area (TPSA) is 12.9 Å². The van der Waals surface area contributed by atoms with E-state index in [1.165, 1.54) is 132 Å².